The summed E-state index contributed by atoms with van der Waals surface area (Å²) in [4.78, 5) is 36.0. The lowest BCUT2D eigenvalue weighted by Crippen LogP contribution is -2.26. The minimum atomic E-state index is -0.267. The number of fused-ring (bicyclic) bond motifs is 1. The van der Waals surface area contributed by atoms with Crippen LogP contribution in [0, 0.1) is 0 Å². The molecule has 2 aromatic carbocycles. The smallest absolute Gasteiger partial charge is 0.237 e. The molecular formula is C20H20N2O3S. The van der Waals surface area contributed by atoms with Gasteiger partial charge in [-0.05, 0) is 43.5 Å². The first-order chi connectivity index (χ1) is 12.5. The van der Waals surface area contributed by atoms with Gasteiger partial charge < -0.3 is 10.6 Å². The molecule has 1 unspecified atom stereocenters. The van der Waals surface area contributed by atoms with Gasteiger partial charge in [-0.1, -0.05) is 30.3 Å². The lowest BCUT2D eigenvalue weighted by Gasteiger charge is -2.13. The van der Waals surface area contributed by atoms with Gasteiger partial charge in [0.15, 0.2) is 5.78 Å². The van der Waals surface area contributed by atoms with E-state index in [9.17, 15) is 14.4 Å². The second kappa shape index (κ2) is 8.19. The summed E-state index contributed by atoms with van der Waals surface area (Å²) in [6, 6.07) is 14.6. The fraction of sp³-hybridized carbons (Fsp3) is 0.250. The van der Waals surface area contributed by atoms with Crippen LogP contribution in [0.5, 0.6) is 0 Å². The molecule has 0 saturated carbocycles. The predicted molar refractivity (Wildman–Crippen MR) is 105 cm³/mol. The highest BCUT2D eigenvalue weighted by molar-refractivity contribution is 8.01. The molecule has 0 fully saturated rings. The predicted octanol–water partition coefficient (Wildman–Crippen LogP) is 3.51. The highest BCUT2D eigenvalue weighted by Crippen LogP contribution is 2.27. The zero-order valence-electron chi connectivity index (χ0n) is 14.5. The molecule has 134 valence electrons. The number of ketones is 1. The monoisotopic (exact) mass is 368 g/mol. The number of rotatable bonds is 5. The summed E-state index contributed by atoms with van der Waals surface area (Å²) in [6.45, 7) is 1.49. The average molecular weight is 368 g/mol. The summed E-state index contributed by atoms with van der Waals surface area (Å²) in [5, 5.41) is 5.45. The van der Waals surface area contributed by atoms with Gasteiger partial charge in [0, 0.05) is 16.9 Å². The standard InChI is InChI=1S/C20H20N2O3S/c1-13(23)15-6-4-7-16(11-15)21-19(24)12-26-18-10-9-14-5-2-3-8-17(14)22-20(18)25/h2-8,11,18H,9-10,12H2,1H3,(H,21,24)(H,22,25). The first-order valence-corrected chi connectivity index (χ1v) is 9.49. The van der Waals surface area contributed by atoms with Gasteiger partial charge >= 0.3 is 0 Å². The maximum Gasteiger partial charge on any atom is 0.237 e. The van der Waals surface area contributed by atoms with E-state index in [2.05, 4.69) is 10.6 Å². The quantitative estimate of drug-likeness (QED) is 0.792. The summed E-state index contributed by atoms with van der Waals surface area (Å²) in [5.74, 6) is -0.125. The number of benzene rings is 2. The molecule has 0 bridgehead atoms. The third-order valence-corrected chi connectivity index (χ3v) is 5.49. The molecular weight excluding hydrogens is 348 g/mol. The SMILES string of the molecule is CC(=O)c1cccc(NC(=O)CSC2CCc3ccccc3NC2=O)c1. The molecule has 2 N–H and O–H groups in total. The number of para-hydroxylation sites is 1. The van der Waals surface area contributed by atoms with Crippen LogP contribution in [0.25, 0.3) is 0 Å². The van der Waals surface area contributed by atoms with Gasteiger partial charge in [0.1, 0.15) is 0 Å². The normalized spacial score (nSPS) is 16.2. The van der Waals surface area contributed by atoms with E-state index in [1.807, 2.05) is 24.3 Å². The van der Waals surface area contributed by atoms with Crippen molar-refractivity contribution < 1.29 is 14.4 Å². The van der Waals surface area contributed by atoms with E-state index in [1.54, 1.807) is 24.3 Å². The molecule has 0 radical (unpaired) electrons. The molecule has 1 aliphatic rings. The number of carbonyl (C=O) groups excluding carboxylic acids is 3. The fourth-order valence-corrected chi connectivity index (χ4v) is 3.76. The van der Waals surface area contributed by atoms with Gasteiger partial charge in [-0.2, -0.15) is 0 Å². The largest absolute Gasteiger partial charge is 0.325 e. The first-order valence-electron chi connectivity index (χ1n) is 8.44. The van der Waals surface area contributed by atoms with Crippen LogP contribution in [0.2, 0.25) is 0 Å². The number of thioether (sulfide) groups is 1. The molecule has 2 amide bonds. The van der Waals surface area contributed by atoms with Crippen molar-refractivity contribution in [1.29, 1.82) is 0 Å². The fourth-order valence-electron chi connectivity index (χ4n) is 2.84. The maximum absolute atomic E-state index is 12.4. The van der Waals surface area contributed by atoms with Crippen molar-refractivity contribution in [2.24, 2.45) is 0 Å². The molecule has 26 heavy (non-hydrogen) atoms. The summed E-state index contributed by atoms with van der Waals surface area (Å²) < 4.78 is 0. The van der Waals surface area contributed by atoms with Crippen LogP contribution >= 0.6 is 11.8 Å². The Morgan fingerprint density at radius 3 is 2.81 bits per heavy atom. The number of amides is 2. The maximum atomic E-state index is 12.4. The van der Waals surface area contributed by atoms with Crippen LogP contribution in [-0.4, -0.2) is 28.6 Å². The highest BCUT2D eigenvalue weighted by atomic mass is 32.2. The number of hydrogen-bond acceptors (Lipinski definition) is 4. The molecule has 0 aliphatic carbocycles. The Hall–Kier alpha value is -2.60. The number of Topliss-reactive ketones (excluding diaryl/α,β-unsaturated/α-hetero) is 1. The molecule has 1 heterocycles. The summed E-state index contributed by atoms with van der Waals surface area (Å²) >= 11 is 1.34. The molecule has 0 spiro atoms. The Labute approximate surface area is 156 Å². The van der Waals surface area contributed by atoms with Gasteiger partial charge in [-0.15, -0.1) is 11.8 Å². The van der Waals surface area contributed by atoms with Crippen LogP contribution in [-0.2, 0) is 16.0 Å². The average Bonchev–Trinajstić information content (AvgIpc) is 2.78. The molecule has 0 aromatic heterocycles. The van der Waals surface area contributed by atoms with Crippen molar-refractivity contribution in [1.82, 2.24) is 0 Å². The topological polar surface area (TPSA) is 75.3 Å². The molecule has 1 atom stereocenters. The Kier molecular flexibility index (Phi) is 5.73. The number of anilines is 2. The number of aryl methyl sites for hydroxylation is 1. The van der Waals surface area contributed by atoms with Crippen molar-refractivity contribution in [2.45, 2.75) is 25.0 Å². The zero-order valence-corrected chi connectivity index (χ0v) is 15.3. The number of nitrogens with one attached hydrogen (secondary N) is 2. The van der Waals surface area contributed by atoms with E-state index in [1.165, 1.54) is 18.7 Å². The summed E-state index contributed by atoms with van der Waals surface area (Å²) in [7, 11) is 0. The van der Waals surface area contributed by atoms with Gasteiger partial charge in [0.2, 0.25) is 11.8 Å². The van der Waals surface area contributed by atoms with E-state index in [0.717, 1.165) is 17.7 Å². The Balaban J connectivity index is 1.55. The van der Waals surface area contributed by atoms with E-state index in [-0.39, 0.29) is 28.6 Å². The Morgan fingerprint density at radius 1 is 1.19 bits per heavy atom. The molecule has 6 heteroatoms. The Morgan fingerprint density at radius 2 is 2.00 bits per heavy atom. The second-order valence-electron chi connectivity index (χ2n) is 6.17. The lowest BCUT2D eigenvalue weighted by atomic mass is 10.1. The summed E-state index contributed by atoms with van der Waals surface area (Å²) in [5.41, 5.74) is 3.11. The van der Waals surface area contributed by atoms with Crippen LogP contribution < -0.4 is 10.6 Å². The molecule has 0 saturated heterocycles. The van der Waals surface area contributed by atoms with E-state index >= 15 is 0 Å². The molecule has 1 aliphatic heterocycles. The van der Waals surface area contributed by atoms with Crippen molar-refractivity contribution in [3.8, 4) is 0 Å². The van der Waals surface area contributed by atoms with Gasteiger partial charge in [0.05, 0.1) is 11.0 Å². The molecule has 5 nitrogen and oxygen atoms in total. The van der Waals surface area contributed by atoms with E-state index < -0.39 is 0 Å². The van der Waals surface area contributed by atoms with E-state index in [4.69, 9.17) is 0 Å². The van der Waals surface area contributed by atoms with Crippen LogP contribution in [0.4, 0.5) is 11.4 Å². The van der Waals surface area contributed by atoms with Gasteiger partial charge in [-0.3, -0.25) is 14.4 Å². The first kappa shape index (κ1) is 18.2. The van der Waals surface area contributed by atoms with Crippen LogP contribution in [0.15, 0.2) is 48.5 Å². The van der Waals surface area contributed by atoms with Crippen molar-refractivity contribution >= 4 is 40.7 Å². The third kappa shape index (κ3) is 4.52. The molecule has 3 rings (SSSR count). The van der Waals surface area contributed by atoms with Crippen molar-refractivity contribution in [3.05, 3.63) is 59.7 Å². The van der Waals surface area contributed by atoms with Gasteiger partial charge in [0.25, 0.3) is 0 Å². The van der Waals surface area contributed by atoms with Crippen molar-refractivity contribution in [2.75, 3.05) is 16.4 Å². The lowest BCUT2D eigenvalue weighted by molar-refractivity contribution is -0.115. The Bertz CT molecular complexity index is 850. The second-order valence-corrected chi connectivity index (χ2v) is 7.36. The number of hydrogen-bond donors (Lipinski definition) is 2. The molecule has 2 aromatic rings. The van der Waals surface area contributed by atoms with Crippen LogP contribution in [0.1, 0.15) is 29.3 Å². The highest BCUT2D eigenvalue weighted by Gasteiger charge is 2.24. The number of carbonyl (C=O) groups is 3. The minimum absolute atomic E-state index is 0.0508. The van der Waals surface area contributed by atoms with E-state index in [0.29, 0.717) is 17.7 Å². The van der Waals surface area contributed by atoms with Crippen molar-refractivity contribution in [3.63, 3.8) is 0 Å². The summed E-state index contributed by atoms with van der Waals surface area (Å²) in [6.07, 6.45) is 1.50. The minimum Gasteiger partial charge on any atom is -0.325 e. The third-order valence-electron chi connectivity index (χ3n) is 4.21. The zero-order chi connectivity index (χ0) is 18.5. The van der Waals surface area contributed by atoms with Gasteiger partial charge in [-0.25, -0.2) is 0 Å². The van der Waals surface area contributed by atoms with Crippen LogP contribution in [0.3, 0.4) is 0 Å².